The molecule has 2 N–H and O–H groups in total. The largest absolute Gasteiger partial charge is 0.497 e. The summed E-state index contributed by atoms with van der Waals surface area (Å²) in [7, 11) is 1.68. The van der Waals surface area contributed by atoms with E-state index in [-0.39, 0.29) is 0 Å². The third-order valence-electron chi connectivity index (χ3n) is 4.92. The summed E-state index contributed by atoms with van der Waals surface area (Å²) in [5.41, 5.74) is 0. The maximum absolute atomic E-state index is 5.77. The molecule has 1 aliphatic rings. The lowest BCUT2D eigenvalue weighted by atomic mass is 9.78. The Hall–Kier alpha value is -1.22. The van der Waals surface area contributed by atoms with Gasteiger partial charge in [-0.25, -0.2) is 0 Å². The Morgan fingerprint density at radius 2 is 1.81 bits per heavy atom. The molecule has 0 saturated heterocycles. The normalized spacial score (nSPS) is 25.6. The Balaban J connectivity index is 1.61. The third kappa shape index (κ3) is 4.92. The van der Waals surface area contributed by atoms with E-state index >= 15 is 0 Å². The molecule has 2 rings (SSSR count). The summed E-state index contributed by atoms with van der Waals surface area (Å²) in [6.45, 7) is 6.77. The van der Waals surface area contributed by atoms with Crippen molar-refractivity contribution in [3.8, 4) is 11.5 Å². The van der Waals surface area contributed by atoms with Crippen LogP contribution in [0.1, 0.15) is 39.5 Å². The van der Waals surface area contributed by atoms with Crippen LogP contribution in [0.4, 0.5) is 0 Å². The summed E-state index contributed by atoms with van der Waals surface area (Å²) in [5, 5.41) is 2.54. The van der Waals surface area contributed by atoms with Crippen LogP contribution in [0.5, 0.6) is 11.5 Å². The predicted molar refractivity (Wildman–Crippen MR) is 85.9 cm³/mol. The zero-order valence-electron chi connectivity index (χ0n) is 13.7. The average molecular weight is 292 g/mol. The van der Waals surface area contributed by atoms with Crippen LogP contribution in [-0.4, -0.2) is 26.3 Å². The monoisotopic (exact) mass is 292 g/mol. The number of hydrogen-bond acceptors (Lipinski definition) is 2. The number of ether oxygens (including phenoxy) is 2. The van der Waals surface area contributed by atoms with Crippen LogP contribution >= 0.6 is 0 Å². The molecular weight excluding hydrogens is 262 g/mol. The molecule has 1 aromatic carbocycles. The molecule has 0 aliphatic heterocycles. The van der Waals surface area contributed by atoms with Crippen molar-refractivity contribution in [3.63, 3.8) is 0 Å². The van der Waals surface area contributed by atoms with Gasteiger partial charge in [0.2, 0.25) is 0 Å². The highest BCUT2D eigenvalue weighted by Gasteiger charge is 2.29. The van der Waals surface area contributed by atoms with Crippen LogP contribution in [0.25, 0.3) is 0 Å². The lowest BCUT2D eigenvalue weighted by molar-refractivity contribution is -0.699. The summed E-state index contributed by atoms with van der Waals surface area (Å²) in [6, 6.07) is 8.62. The molecule has 1 aliphatic carbocycles. The molecule has 1 fully saturated rings. The van der Waals surface area contributed by atoms with Gasteiger partial charge in [-0.2, -0.15) is 0 Å². The molecule has 0 heterocycles. The highest BCUT2D eigenvalue weighted by atomic mass is 16.5. The van der Waals surface area contributed by atoms with Crippen LogP contribution in [0, 0.1) is 11.8 Å². The third-order valence-corrected chi connectivity index (χ3v) is 4.92. The zero-order chi connectivity index (χ0) is 15.1. The van der Waals surface area contributed by atoms with Gasteiger partial charge in [0, 0.05) is 12.3 Å². The zero-order valence-corrected chi connectivity index (χ0v) is 13.7. The molecule has 3 nitrogen and oxygen atoms in total. The van der Waals surface area contributed by atoms with E-state index < -0.39 is 0 Å². The van der Waals surface area contributed by atoms with Crippen molar-refractivity contribution in [2.45, 2.75) is 45.6 Å². The lowest BCUT2D eigenvalue weighted by Crippen LogP contribution is -2.92. The minimum Gasteiger partial charge on any atom is -0.497 e. The first-order valence-corrected chi connectivity index (χ1v) is 8.31. The van der Waals surface area contributed by atoms with E-state index in [1.54, 1.807) is 7.11 Å². The van der Waals surface area contributed by atoms with Gasteiger partial charge in [-0.05, 0) is 49.4 Å². The summed E-state index contributed by atoms with van der Waals surface area (Å²) in [4.78, 5) is 0. The van der Waals surface area contributed by atoms with Crippen LogP contribution in [-0.2, 0) is 0 Å². The minimum absolute atomic E-state index is 0.791. The number of quaternary nitrogens is 1. The Bertz CT molecular complexity index is 404. The summed E-state index contributed by atoms with van der Waals surface area (Å²) >= 11 is 0. The number of hydrogen-bond donors (Lipinski definition) is 1. The fraction of sp³-hybridized carbons (Fsp3) is 0.667. The highest BCUT2D eigenvalue weighted by Crippen LogP contribution is 2.27. The van der Waals surface area contributed by atoms with Gasteiger partial charge in [0.1, 0.15) is 11.5 Å². The van der Waals surface area contributed by atoms with E-state index in [0.717, 1.165) is 48.9 Å². The maximum Gasteiger partial charge on any atom is 0.119 e. The number of rotatable bonds is 7. The molecule has 0 amide bonds. The van der Waals surface area contributed by atoms with Crippen molar-refractivity contribution in [1.82, 2.24) is 0 Å². The molecule has 0 unspecified atom stereocenters. The topological polar surface area (TPSA) is 35.1 Å². The van der Waals surface area contributed by atoms with Crippen LogP contribution in [0.2, 0.25) is 0 Å². The highest BCUT2D eigenvalue weighted by molar-refractivity contribution is 5.31. The SMILES string of the molecule is COc1ccc(OCCC[NH2+][C@H]2CCC[C@H](C)[C@@H]2C)cc1. The van der Waals surface area contributed by atoms with Crippen molar-refractivity contribution >= 4 is 0 Å². The molecule has 0 radical (unpaired) electrons. The fourth-order valence-corrected chi connectivity index (χ4v) is 3.23. The van der Waals surface area contributed by atoms with E-state index in [0.29, 0.717) is 0 Å². The first-order chi connectivity index (χ1) is 10.2. The lowest BCUT2D eigenvalue weighted by Gasteiger charge is -2.32. The van der Waals surface area contributed by atoms with Gasteiger partial charge >= 0.3 is 0 Å². The van der Waals surface area contributed by atoms with Gasteiger partial charge in [-0.3, -0.25) is 0 Å². The fourth-order valence-electron chi connectivity index (χ4n) is 3.23. The molecule has 0 spiro atoms. The second-order valence-electron chi connectivity index (χ2n) is 6.33. The van der Waals surface area contributed by atoms with E-state index in [2.05, 4.69) is 19.2 Å². The molecule has 1 aromatic rings. The maximum atomic E-state index is 5.77. The van der Waals surface area contributed by atoms with Gasteiger partial charge in [0.25, 0.3) is 0 Å². The molecular formula is C18H30NO2+. The van der Waals surface area contributed by atoms with Crippen molar-refractivity contribution in [2.24, 2.45) is 11.8 Å². The van der Waals surface area contributed by atoms with Crippen molar-refractivity contribution in [2.75, 3.05) is 20.3 Å². The Labute approximate surface area is 129 Å². The van der Waals surface area contributed by atoms with Crippen molar-refractivity contribution in [3.05, 3.63) is 24.3 Å². The summed E-state index contributed by atoms with van der Waals surface area (Å²) in [6.07, 6.45) is 5.29. The van der Waals surface area contributed by atoms with E-state index in [9.17, 15) is 0 Å². The van der Waals surface area contributed by atoms with Crippen molar-refractivity contribution < 1.29 is 14.8 Å². The average Bonchev–Trinajstić information content (AvgIpc) is 2.51. The number of nitrogens with two attached hydrogens (primary N) is 1. The second-order valence-corrected chi connectivity index (χ2v) is 6.33. The Morgan fingerprint density at radius 1 is 1.10 bits per heavy atom. The molecule has 3 heteroatoms. The van der Waals surface area contributed by atoms with Crippen molar-refractivity contribution in [1.29, 1.82) is 0 Å². The number of benzene rings is 1. The summed E-state index contributed by atoms with van der Waals surface area (Å²) in [5.74, 6) is 3.53. The molecule has 118 valence electrons. The Kier molecular flexibility index (Phi) is 6.37. The molecule has 0 bridgehead atoms. The van der Waals surface area contributed by atoms with Crippen LogP contribution in [0.3, 0.4) is 0 Å². The Morgan fingerprint density at radius 3 is 2.52 bits per heavy atom. The van der Waals surface area contributed by atoms with Crippen LogP contribution in [0.15, 0.2) is 24.3 Å². The second kappa shape index (κ2) is 8.28. The van der Waals surface area contributed by atoms with Gasteiger partial charge in [-0.15, -0.1) is 0 Å². The predicted octanol–water partition coefficient (Wildman–Crippen LogP) is 2.85. The standard InChI is InChI=1S/C18H29NO2/c1-14-6-4-7-18(15(14)2)19-12-5-13-21-17-10-8-16(20-3)9-11-17/h8-11,14-15,18-19H,4-7,12-13H2,1-3H3/p+1/t14-,15-,18-/m0/s1. The van der Waals surface area contributed by atoms with Gasteiger partial charge < -0.3 is 14.8 Å². The quantitative estimate of drug-likeness (QED) is 0.784. The minimum atomic E-state index is 0.791. The molecule has 1 saturated carbocycles. The number of methoxy groups -OCH3 is 1. The molecule has 0 aromatic heterocycles. The van der Waals surface area contributed by atoms with E-state index in [1.807, 2.05) is 24.3 Å². The molecule has 3 atom stereocenters. The van der Waals surface area contributed by atoms with Gasteiger partial charge in [0.05, 0.1) is 26.3 Å². The van der Waals surface area contributed by atoms with E-state index in [4.69, 9.17) is 9.47 Å². The van der Waals surface area contributed by atoms with Gasteiger partial charge in [-0.1, -0.05) is 13.8 Å². The first kappa shape index (κ1) is 16.2. The summed E-state index contributed by atoms with van der Waals surface area (Å²) < 4.78 is 10.9. The first-order valence-electron chi connectivity index (χ1n) is 8.31. The van der Waals surface area contributed by atoms with E-state index in [1.165, 1.54) is 19.3 Å². The smallest absolute Gasteiger partial charge is 0.119 e. The van der Waals surface area contributed by atoms with Crippen LogP contribution < -0.4 is 14.8 Å². The van der Waals surface area contributed by atoms with Gasteiger partial charge in [0.15, 0.2) is 0 Å². The molecule has 21 heavy (non-hydrogen) atoms.